The van der Waals surface area contributed by atoms with Gasteiger partial charge in [0.05, 0.1) is 5.56 Å². The molecule has 0 aliphatic heterocycles. The number of hydrogen-bond acceptors (Lipinski definition) is 3. The molecule has 0 aliphatic carbocycles. The standard InChI is InChI=1S/C17H12O3S/c18-17(19)14-10-16(20-11-14)21-15-8-6-13(7-9-15)12-4-2-1-3-5-12/h1-11H,(H,18,19). The van der Waals surface area contributed by atoms with Crippen molar-refractivity contribution < 1.29 is 14.3 Å². The summed E-state index contributed by atoms with van der Waals surface area (Å²) in [6.45, 7) is 0. The van der Waals surface area contributed by atoms with Crippen molar-refractivity contribution in [1.82, 2.24) is 0 Å². The van der Waals surface area contributed by atoms with Gasteiger partial charge in [0.25, 0.3) is 0 Å². The van der Waals surface area contributed by atoms with Crippen molar-refractivity contribution in [2.24, 2.45) is 0 Å². The maximum Gasteiger partial charge on any atom is 0.339 e. The normalized spacial score (nSPS) is 10.5. The number of furan rings is 1. The quantitative estimate of drug-likeness (QED) is 0.751. The maximum atomic E-state index is 10.8. The van der Waals surface area contributed by atoms with Crippen molar-refractivity contribution in [3.05, 3.63) is 72.5 Å². The number of benzene rings is 2. The molecule has 21 heavy (non-hydrogen) atoms. The van der Waals surface area contributed by atoms with Crippen LogP contribution >= 0.6 is 11.8 Å². The Kier molecular flexibility index (Phi) is 3.79. The molecule has 0 aliphatic rings. The molecular formula is C17H12O3S. The lowest BCUT2D eigenvalue weighted by molar-refractivity contribution is 0.0696. The van der Waals surface area contributed by atoms with Crippen LogP contribution in [0.3, 0.4) is 0 Å². The van der Waals surface area contributed by atoms with E-state index in [0.29, 0.717) is 5.09 Å². The Morgan fingerprint density at radius 1 is 0.952 bits per heavy atom. The molecule has 3 nitrogen and oxygen atoms in total. The summed E-state index contributed by atoms with van der Waals surface area (Å²) in [5.74, 6) is -0.981. The second-order valence-corrected chi connectivity index (χ2v) is 5.53. The largest absolute Gasteiger partial charge is 0.478 e. The molecule has 0 amide bonds. The van der Waals surface area contributed by atoms with Crippen molar-refractivity contribution in [3.63, 3.8) is 0 Å². The highest BCUT2D eigenvalue weighted by molar-refractivity contribution is 7.99. The van der Waals surface area contributed by atoms with E-state index in [9.17, 15) is 4.79 Å². The van der Waals surface area contributed by atoms with E-state index in [2.05, 4.69) is 12.1 Å². The number of carboxylic acids is 1. The van der Waals surface area contributed by atoms with Gasteiger partial charge in [-0.05, 0) is 23.3 Å². The van der Waals surface area contributed by atoms with Crippen molar-refractivity contribution in [3.8, 4) is 11.1 Å². The molecule has 0 fully saturated rings. The van der Waals surface area contributed by atoms with Gasteiger partial charge in [-0.25, -0.2) is 4.79 Å². The Bertz CT molecular complexity index is 745. The van der Waals surface area contributed by atoms with E-state index in [0.717, 1.165) is 10.5 Å². The van der Waals surface area contributed by atoms with Crippen LogP contribution in [0.5, 0.6) is 0 Å². The third-order valence-electron chi connectivity index (χ3n) is 3.00. The average molecular weight is 296 g/mol. The van der Waals surface area contributed by atoms with E-state index in [1.807, 2.05) is 42.5 Å². The van der Waals surface area contributed by atoms with Crippen molar-refractivity contribution in [2.45, 2.75) is 9.99 Å². The zero-order valence-electron chi connectivity index (χ0n) is 11.0. The first kappa shape index (κ1) is 13.5. The molecular weight excluding hydrogens is 284 g/mol. The Labute approximate surface area is 126 Å². The first-order valence-electron chi connectivity index (χ1n) is 6.37. The maximum absolute atomic E-state index is 10.8. The lowest BCUT2D eigenvalue weighted by Gasteiger charge is -2.03. The SMILES string of the molecule is O=C(O)c1coc(Sc2ccc(-c3ccccc3)cc2)c1. The summed E-state index contributed by atoms with van der Waals surface area (Å²) in [5, 5.41) is 9.43. The fraction of sp³-hybridized carbons (Fsp3) is 0. The molecule has 104 valence electrons. The van der Waals surface area contributed by atoms with E-state index in [-0.39, 0.29) is 5.56 Å². The highest BCUT2D eigenvalue weighted by Crippen LogP contribution is 2.31. The van der Waals surface area contributed by atoms with Crippen LogP contribution in [-0.2, 0) is 0 Å². The highest BCUT2D eigenvalue weighted by atomic mass is 32.2. The van der Waals surface area contributed by atoms with E-state index in [1.165, 1.54) is 29.7 Å². The second kappa shape index (κ2) is 5.89. The molecule has 0 spiro atoms. The molecule has 0 bridgehead atoms. The van der Waals surface area contributed by atoms with Gasteiger partial charge in [0, 0.05) is 11.0 Å². The minimum Gasteiger partial charge on any atom is -0.478 e. The van der Waals surface area contributed by atoms with Crippen molar-refractivity contribution in [2.75, 3.05) is 0 Å². The Morgan fingerprint density at radius 2 is 1.62 bits per heavy atom. The number of hydrogen-bond donors (Lipinski definition) is 1. The van der Waals surface area contributed by atoms with Crippen molar-refractivity contribution in [1.29, 1.82) is 0 Å². The van der Waals surface area contributed by atoms with Gasteiger partial charge in [-0.3, -0.25) is 0 Å². The molecule has 4 heteroatoms. The summed E-state index contributed by atoms with van der Waals surface area (Å²) in [6, 6.07) is 19.7. The first-order valence-corrected chi connectivity index (χ1v) is 7.19. The Balaban J connectivity index is 1.76. The summed E-state index contributed by atoms with van der Waals surface area (Å²) in [7, 11) is 0. The molecule has 2 aromatic carbocycles. The Morgan fingerprint density at radius 3 is 2.24 bits per heavy atom. The van der Waals surface area contributed by atoms with Gasteiger partial charge < -0.3 is 9.52 Å². The van der Waals surface area contributed by atoms with Crippen LogP contribution in [0.25, 0.3) is 11.1 Å². The summed E-state index contributed by atoms with van der Waals surface area (Å²) in [6.07, 6.45) is 1.25. The first-order chi connectivity index (χ1) is 10.2. The van der Waals surface area contributed by atoms with E-state index in [1.54, 1.807) is 0 Å². The lowest BCUT2D eigenvalue weighted by Crippen LogP contribution is -1.91. The van der Waals surface area contributed by atoms with Crippen LogP contribution in [-0.4, -0.2) is 11.1 Å². The van der Waals surface area contributed by atoms with Crippen LogP contribution < -0.4 is 0 Å². The number of rotatable bonds is 4. The Hall–Kier alpha value is -2.46. The molecule has 0 radical (unpaired) electrons. The van der Waals surface area contributed by atoms with Crippen LogP contribution in [0.4, 0.5) is 0 Å². The van der Waals surface area contributed by atoms with Gasteiger partial charge in [0.2, 0.25) is 0 Å². The summed E-state index contributed by atoms with van der Waals surface area (Å²) < 4.78 is 5.23. The van der Waals surface area contributed by atoms with Crippen molar-refractivity contribution >= 4 is 17.7 Å². The zero-order valence-corrected chi connectivity index (χ0v) is 11.8. The van der Waals surface area contributed by atoms with Crippen LogP contribution in [0.1, 0.15) is 10.4 Å². The number of aromatic carboxylic acids is 1. The molecule has 1 N–H and O–H groups in total. The molecule has 1 heterocycles. The van der Waals surface area contributed by atoms with E-state index < -0.39 is 5.97 Å². The van der Waals surface area contributed by atoms with Gasteiger partial charge in [0.1, 0.15) is 6.26 Å². The minimum atomic E-state index is -0.981. The molecule has 3 rings (SSSR count). The second-order valence-electron chi connectivity index (χ2n) is 4.45. The van der Waals surface area contributed by atoms with Gasteiger partial charge >= 0.3 is 5.97 Å². The monoisotopic (exact) mass is 296 g/mol. The molecule has 0 unspecified atom stereocenters. The number of carbonyl (C=O) groups is 1. The fourth-order valence-electron chi connectivity index (χ4n) is 1.94. The van der Waals surface area contributed by atoms with Gasteiger partial charge in [-0.1, -0.05) is 54.2 Å². The van der Waals surface area contributed by atoms with Crippen LogP contribution in [0.15, 0.2) is 81.3 Å². The van der Waals surface area contributed by atoms with Crippen LogP contribution in [0.2, 0.25) is 0 Å². The fourth-order valence-corrected chi connectivity index (χ4v) is 2.73. The zero-order chi connectivity index (χ0) is 14.7. The van der Waals surface area contributed by atoms with Gasteiger partial charge in [-0.15, -0.1) is 0 Å². The van der Waals surface area contributed by atoms with E-state index >= 15 is 0 Å². The highest BCUT2D eigenvalue weighted by Gasteiger charge is 2.09. The molecule has 0 atom stereocenters. The summed E-state index contributed by atoms with van der Waals surface area (Å²) >= 11 is 1.40. The topological polar surface area (TPSA) is 50.4 Å². The summed E-state index contributed by atoms with van der Waals surface area (Å²) in [5.41, 5.74) is 2.48. The molecule has 0 saturated heterocycles. The number of carboxylic acid groups (broad SMARTS) is 1. The minimum absolute atomic E-state index is 0.165. The predicted octanol–water partition coefficient (Wildman–Crippen LogP) is 4.80. The molecule has 0 saturated carbocycles. The molecule has 3 aromatic rings. The summed E-state index contributed by atoms with van der Waals surface area (Å²) in [4.78, 5) is 11.8. The molecule has 1 aromatic heterocycles. The predicted molar refractivity (Wildman–Crippen MR) is 81.7 cm³/mol. The van der Waals surface area contributed by atoms with Gasteiger partial charge in [-0.2, -0.15) is 0 Å². The van der Waals surface area contributed by atoms with Gasteiger partial charge in [0.15, 0.2) is 5.09 Å². The third kappa shape index (κ3) is 3.17. The third-order valence-corrected chi connectivity index (χ3v) is 3.93. The van der Waals surface area contributed by atoms with E-state index in [4.69, 9.17) is 9.52 Å². The van der Waals surface area contributed by atoms with Crippen LogP contribution in [0, 0.1) is 0 Å². The smallest absolute Gasteiger partial charge is 0.339 e. The average Bonchev–Trinajstić information content (AvgIpc) is 2.98. The lowest BCUT2D eigenvalue weighted by atomic mass is 10.1.